The molecule has 21 heavy (non-hydrogen) atoms. The SMILES string of the molecule is c1cc2[nH]nc(-c3ccoc3)c2c(NC2CCCCC2)n1. The molecule has 108 valence electrons. The van der Waals surface area contributed by atoms with Gasteiger partial charge in [0.25, 0.3) is 0 Å². The first kappa shape index (κ1) is 12.4. The zero-order valence-corrected chi connectivity index (χ0v) is 11.8. The number of hydrogen-bond acceptors (Lipinski definition) is 4. The number of rotatable bonds is 3. The Kier molecular flexibility index (Phi) is 3.10. The molecule has 1 aliphatic rings. The van der Waals surface area contributed by atoms with E-state index in [-0.39, 0.29) is 0 Å². The van der Waals surface area contributed by atoms with Crippen LogP contribution < -0.4 is 5.32 Å². The van der Waals surface area contributed by atoms with E-state index in [0.29, 0.717) is 6.04 Å². The standard InChI is InChI=1S/C16H18N4O/c1-2-4-12(5-3-1)18-16-14-13(6-8-17-16)19-20-15(14)11-7-9-21-10-11/h6-10,12H,1-5H2,(H,17,18)(H,19,20). The fraction of sp³-hybridized carbons (Fsp3) is 0.375. The molecular weight excluding hydrogens is 264 g/mol. The van der Waals surface area contributed by atoms with Crippen LogP contribution >= 0.6 is 0 Å². The van der Waals surface area contributed by atoms with Crippen molar-refractivity contribution in [3.63, 3.8) is 0 Å². The van der Waals surface area contributed by atoms with Gasteiger partial charge in [0.15, 0.2) is 0 Å². The number of furan rings is 1. The van der Waals surface area contributed by atoms with Gasteiger partial charge in [0.1, 0.15) is 11.5 Å². The molecule has 5 nitrogen and oxygen atoms in total. The maximum atomic E-state index is 5.18. The van der Waals surface area contributed by atoms with E-state index in [0.717, 1.165) is 28.0 Å². The molecule has 0 amide bonds. The number of anilines is 1. The lowest BCUT2D eigenvalue weighted by Crippen LogP contribution is -2.22. The highest BCUT2D eigenvalue weighted by atomic mass is 16.3. The largest absolute Gasteiger partial charge is 0.472 e. The quantitative estimate of drug-likeness (QED) is 0.763. The van der Waals surface area contributed by atoms with Gasteiger partial charge in [-0.2, -0.15) is 5.10 Å². The first-order valence-corrected chi connectivity index (χ1v) is 7.54. The van der Waals surface area contributed by atoms with E-state index in [4.69, 9.17) is 4.42 Å². The van der Waals surface area contributed by atoms with Gasteiger partial charge in [0, 0.05) is 17.8 Å². The Hall–Kier alpha value is -2.30. The lowest BCUT2D eigenvalue weighted by molar-refractivity contribution is 0.462. The average Bonchev–Trinajstić information content (AvgIpc) is 3.17. The second-order valence-corrected chi connectivity index (χ2v) is 5.65. The van der Waals surface area contributed by atoms with Crippen LogP contribution in [0, 0.1) is 0 Å². The van der Waals surface area contributed by atoms with E-state index in [9.17, 15) is 0 Å². The van der Waals surface area contributed by atoms with E-state index in [1.165, 1.54) is 32.1 Å². The van der Waals surface area contributed by atoms with Crippen LogP contribution in [-0.4, -0.2) is 21.2 Å². The molecule has 0 aliphatic heterocycles. The predicted octanol–water partition coefficient (Wildman–Crippen LogP) is 3.96. The zero-order valence-electron chi connectivity index (χ0n) is 11.8. The van der Waals surface area contributed by atoms with Crippen molar-refractivity contribution >= 4 is 16.7 Å². The number of nitrogens with zero attached hydrogens (tertiary/aromatic N) is 2. The van der Waals surface area contributed by atoms with Gasteiger partial charge in [0.2, 0.25) is 0 Å². The summed E-state index contributed by atoms with van der Waals surface area (Å²) in [5.41, 5.74) is 2.87. The van der Waals surface area contributed by atoms with Crippen LogP contribution in [0.3, 0.4) is 0 Å². The van der Waals surface area contributed by atoms with Crippen LogP contribution in [0.25, 0.3) is 22.2 Å². The van der Waals surface area contributed by atoms with Gasteiger partial charge in [-0.25, -0.2) is 4.98 Å². The molecule has 3 aromatic rings. The van der Waals surface area contributed by atoms with Gasteiger partial charge >= 0.3 is 0 Å². The Morgan fingerprint density at radius 3 is 2.90 bits per heavy atom. The van der Waals surface area contributed by atoms with Gasteiger partial charge in [0.05, 0.1) is 23.4 Å². The average molecular weight is 282 g/mol. The molecule has 3 aromatic heterocycles. The van der Waals surface area contributed by atoms with Gasteiger partial charge < -0.3 is 9.73 Å². The summed E-state index contributed by atoms with van der Waals surface area (Å²) in [5, 5.41) is 12.2. The summed E-state index contributed by atoms with van der Waals surface area (Å²) in [4.78, 5) is 4.54. The van der Waals surface area contributed by atoms with Crippen LogP contribution in [0.15, 0.2) is 35.3 Å². The summed E-state index contributed by atoms with van der Waals surface area (Å²) in [6.45, 7) is 0. The van der Waals surface area contributed by atoms with Gasteiger partial charge in [-0.3, -0.25) is 5.10 Å². The number of hydrogen-bond donors (Lipinski definition) is 2. The minimum Gasteiger partial charge on any atom is -0.472 e. The van der Waals surface area contributed by atoms with E-state index >= 15 is 0 Å². The Balaban J connectivity index is 1.75. The molecule has 0 unspecified atom stereocenters. The maximum absolute atomic E-state index is 5.18. The summed E-state index contributed by atoms with van der Waals surface area (Å²) in [6, 6.07) is 4.40. The summed E-state index contributed by atoms with van der Waals surface area (Å²) in [5.74, 6) is 0.921. The summed E-state index contributed by atoms with van der Waals surface area (Å²) in [7, 11) is 0. The number of pyridine rings is 1. The molecule has 3 heterocycles. The van der Waals surface area contributed by atoms with Crippen molar-refractivity contribution < 1.29 is 4.42 Å². The molecule has 0 bridgehead atoms. The van der Waals surface area contributed by atoms with Crippen molar-refractivity contribution in [2.75, 3.05) is 5.32 Å². The minimum atomic E-state index is 0.518. The van der Waals surface area contributed by atoms with Crippen molar-refractivity contribution in [2.45, 2.75) is 38.1 Å². The second kappa shape index (κ2) is 5.24. The molecule has 1 fully saturated rings. The summed E-state index contributed by atoms with van der Waals surface area (Å²) < 4.78 is 5.18. The number of aromatic amines is 1. The highest BCUT2D eigenvalue weighted by Gasteiger charge is 2.18. The number of H-pyrrole nitrogens is 1. The van der Waals surface area contributed by atoms with Crippen molar-refractivity contribution in [2.24, 2.45) is 0 Å². The number of fused-ring (bicyclic) bond motifs is 1. The molecule has 0 aromatic carbocycles. The Morgan fingerprint density at radius 1 is 1.19 bits per heavy atom. The number of nitrogens with one attached hydrogen (secondary N) is 2. The van der Waals surface area contributed by atoms with Gasteiger partial charge in [-0.05, 0) is 25.0 Å². The Morgan fingerprint density at radius 2 is 2.10 bits per heavy atom. The van der Waals surface area contributed by atoms with Crippen LogP contribution in [0.4, 0.5) is 5.82 Å². The van der Waals surface area contributed by atoms with Crippen LogP contribution in [-0.2, 0) is 0 Å². The van der Waals surface area contributed by atoms with Crippen molar-refractivity contribution in [3.8, 4) is 11.3 Å². The van der Waals surface area contributed by atoms with Crippen LogP contribution in [0.1, 0.15) is 32.1 Å². The summed E-state index contributed by atoms with van der Waals surface area (Å²) in [6.07, 6.45) is 11.6. The molecule has 0 radical (unpaired) electrons. The first-order chi connectivity index (χ1) is 10.4. The molecule has 1 saturated carbocycles. The van der Waals surface area contributed by atoms with Gasteiger partial charge in [-0.15, -0.1) is 0 Å². The van der Waals surface area contributed by atoms with E-state index in [1.807, 2.05) is 18.3 Å². The topological polar surface area (TPSA) is 66.7 Å². The van der Waals surface area contributed by atoms with E-state index < -0.39 is 0 Å². The third-order valence-electron chi connectivity index (χ3n) is 4.22. The predicted molar refractivity (Wildman–Crippen MR) is 82.1 cm³/mol. The van der Waals surface area contributed by atoms with Gasteiger partial charge in [-0.1, -0.05) is 19.3 Å². The third-order valence-corrected chi connectivity index (χ3v) is 4.22. The fourth-order valence-electron chi connectivity index (χ4n) is 3.12. The lowest BCUT2D eigenvalue weighted by atomic mass is 9.95. The van der Waals surface area contributed by atoms with Crippen molar-refractivity contribution in [1.29, 1.82) is 0 Å². The van der Waals surface area contributed by atoms with Crippen LogP contribution in [0.2, 0.25) is 0 Å². The van der Waals surface area contributed by atoms with E-state index in [2.05, 4.69) is 20.5 Å². The third kappa shape index (κ3) is 2.28. The molecule has 4 rings (SSSR count). The summed E-state index contributed by atoms with van der Waals surface area (Å²) >= 11 is 0. The molecule has 0 saturated heterocycles. The molecule has 1 aliphatic carbocycles. The second-order valence-electron chi connectivity index (χ2n) is 5.65. The normalized spacial score (nSPS) is 16.4. The molecule has 2 N–H and O–H groups in total. The van der Waals surface area contributed by atoms with Crippen molar-refractivity contribution in [1.82, 2.24) is 15.2 Å². The maximum Gasteiger partial charge on any atom is 0.137 e. The fourth-order valence-corrected chi connectivity index (χ4v) is 3.12. The zero-order chi connectivity index (χ0) is 14.1. The van der Waals surface area contributed by atoms with E-state index in [1.54, 1.807) is 12.5 Å². The smallest absolute Gasteiger partial charge is 0.137 e. The lowest BCUT2D eigenvalue weighted by Gasteiger charge is -2.23. The molecule has 5 heteroatoms. The highest BCUT2D eigenvalue weighted by Crippen LogP contribution is 2.32. The molecular formula is C16H18N4O. The Labute approximate surface area is 122 Å². The highest BCUT2D eigenvalue weighted by molar-refractivity contribution is 6.00. The first-order valence-electron chi connectivity index (χ1n) is 7.54. The monoisotopic (exact) mass is 282 g/mol. The van der Waals surface area contributed by atoms with Crippen molar-refractivity contribution in [3.05, 3.63) is 30.9 Å². The Bertz CT molecular complexity index is 726. The number of aromatic nitrogens is 3. The minimum absolute atomic E-state index is 0.518. The van der Waals surface area contributed by atoms with Crippen LogP contribution in [0.5, 0.6) is 0 Å². The molecule has 0 atom stereocenters. The molecule has 0 spiro atoms.